The van der Waals surface area contributed by atoms with Crippen molar-refractivity contribution in [2.24, 2.45) is 0 Å². The van der Waals surface area contributed by atoms with E-state index in [1.807, 2.05) is 34.5 Å². The lowest BCUT2D eigenvalue weighted by Crippen LogP contribution is -1.99. The fourth-order valence-electron chi connectivity index (χ4n) is 1.45. The highest BCUT2D eigenvalue weighted by Gasteiger charge is 2.07. The monoisotopic (exact) mass is 231 g/mol. The molecule has 3 rings (SSSR count). The summed E-state index contributed by atoms with van der Waals surface area (Å²) in [7, 11) is 0. The number of hydrogen-bond acceptors (Lipinski definition) is 4. The van der Waals surface area contributed by atoms with E-state index in [1.54, 1.807) is 23.8 Å². The second-order valence-electron chi connectivity index (χ2n) is 3.32. The second-order valence-corrected chi connectivity index (χ2v) is 4.27. The van der Waals surface area contributed by atoms with E-state index in [0.717, 1.165) is 10.6 Å². The smallest absolute Gasteiger partial charge is 0.236 e. The van der Waals surface area contributed by atoms with Gasteiger partial charge in [0.15, 0.2) is 0 Å². The first-order valence-corrected chi connectivity index (χ1v) is 5.75. The maximum Gasteiger partial charge on any atom is 0.236 e. The van der Waals surface area contributed by atoms with Gasteiger partial charge in [0.2, 0.25) is 5.89 Å². The van der Waals surface area contributed by atoms with E-state index in [4.69, 9.17) is 4.42 Å². The number of aromatic nitrogens is 3. The Morgan fingerprint density at radius 3 is 3.12 bits per heavy atom. The SMILES string of the molecule is c1csc(-c2nc(Cn3cccn3)co2)c1. The molecule has 0 fully saturated rings. The van der Waals surface area contributed by atoms with Gasteiger partial charge < -0.3 is 4.42 Å². The molecule has 5 heteroatoms. The van der Waals surface area contributed by atoms with E-state index >= 15 is 0 Å². The van der Waals surface area contributed by atoms with Crippen LogP contribution in [0.5, 0.6) is 0 Å². The number of hydrogen-bond donors (Lipinski definition) is 0. The van der Waals surface area contributed by atoms with Gasteiger partial charge in [-0.1, -0.05) is 6.07 Å². The van der Waals surface area contributed by atoms with E-state index in [9.17, 15) is 0 Å². The average molecular weight is 231 g/mol. The third-order valence-corrected chi connectivity index (χ3v) is 3.02. The van der Waals surface area contributed by atoms with E-state index in [-0.39, 0.29) is 0 Å². The molecule has 0 radical (unpaired) electrons. The number of rotatable bonds is 3. The maximum atomic E-state index is 5.42. The predicted octanol–water partition coefficient (Wildman–Crippen LogP) is 2.65. The molecular weight excluding hydrogens is 222 g/mol. The van der Waals surface area contributed by atoms with E-state index < -0.39 is 0 Å². The van der Waals surface area contributed by atoms with E-state index in [2.05, 4.69) is 10.1 Å². The summed E-state index contributed by atoms with van der Waals surface area (Å²) in [5, 5.41) is 6.13. The summed E-state index contributed by atoms with van der Waals surface area (Å²) in [6.07, 6.45) is 5.33. The van der Waals surface area contributed by atoms with Crippen LogP contribution in [0.2, 0.25) is 0 Å². The van der Waals surface area contributed by atoms with Crippen molar-refractivity contribution in [3.8, 4) is 10.8 Å². The molecule has 0 amide bonds. The van der Waals surface area contributed by atoms with Crippen LogP contribution in [-0.2, 0) is 6.54 Å². The topological polar surface area (TPSA) is 43.9 Å². The van der Waals surface area contributed by atoms with Crippen LogP contribution in [-0.4, -0.2) is 14.8 Å². The van der Waals surface area contributed by atoms with Crippen LogP contribution < -0.4 is 0 Å². The molecule has 0 aromatic carbocycles. The highest BCUT2D eigenvalue weighted by molar-refractivity contribution is 7.13. The van der Waals surface area contributed by atoms with Gasteiger partial charge in [0.1, 0.15) is 12.0 Å². The zero-order valence-corrected chi connectivity index (χ0v) is 9.22. The molecule has 0 saturated heterocycles. The minimum atomic E-state index is 0.641. The van der Waals surface area contributed by atoms with Crippen LogP contribution in [0.3, 0.4) is 0 Å². The molecular formula is C11H9N3OS. The first-order valence-electron chi connectivity index (χ1n) is 4.87. The third kappa shape index (κ3) is 1.77. The Morgan fingerprint density at radius 2 is 2.38 bits per heavy atom. The lowest BCUT2D eigenvalue weighted by atomic mass is 10.4. The normalized spacial score (nSPS) is 10.8. The van der Waals surface area contributed by atoms with E-state index in [0.29, 0.717) is 12.4 Å². The zero-order chi connectivity index (χ0) is 10.8. The van der Waals surface area contributed by atoms with Gasteiger partial charge in [-0.25, -0.2) is 4.98 Å². The van der Waals surface area contributed by atoms with Crippen LogP contribution in [0.25, 0.3) is 10.8 Å². The summed E-state index contributed by atoms with van der Waals surface area (Å²) < 4.78 is 7.23. The number of nitrogens with zero attached hydrogens (tertiary/aromatic N) is 3. The summed E-state index contributed by atoms with van der Waals surface area (Å²) in [5.74, 6) is 0.678. The van der Waals surface area contributed by atoms with Gasteiger partial charge in [0.05, 0.1) is 11.4 Å². The summed E-state index contributed by atoms with van der Waals surface area (Å²) in [4.78, 5) is 5.46. The Labute approximate surface area is 96.2 Å². The van der Waals surface area contributed by atoms with Gasteiger partial charge in [-0.3, -0.25) is 4.68 Å². The summed E-state index contributed by atoms with van der Waals surface area (Å²) in [6.45, 7) is 0.641. The van der Waals surface area contributed by atoms with Crippen molar-refractivity contribution in [3.05, 3.63) is 47.9 Å². The van der Waals surface area contributed by atoms with Crippen molar-refractivity contribution in [2.75, 3.05) is 0 Å². The summed E-state index contributed by atoms with van der Waals surface area (Å²) >= 11 is 1.62. The third-order valence-electron chi connectivity index (χ3n) is 2.17. The zero-order valence-electron chi connectivity index (χ0n) is 8.41. The standard InChI is InChI=1S/C11H9N3OS/c1-3-10(16-6-1)11-13-9(8-15-11)7-14-5-2-4-12-14/h1-6,8H,7H2. The van der Waals surface area contributed by atoms with Gasteiger partial charge in [-0.2, -0.15) is 5.10 Å². The lowest BCUT2D eigenvalue weighted by molar-refractivity contribution is 0.571. The number of oxazole rings is 1. The van der Waals surface area contributed by atoms with Crippen LogP contribution in [0.4, 0.5) is 0 Å². The molecule has 3 aromatic rings. The van der Waals surface area contributed by atoms with Crippen molar-refractivity contribution in [1.29, 1.82) is 0 Å². The average Bonchev–Trinajstić information content (AvgIpc) is 2.99. The predicted molar refractivity (Wildman–Crippen MR) is 61.1 cm³/mol. The Hall–Kier alpha value is -1.88. The van der Waals surface area contributed by atoms with Gasteiger partial charge >= 0.3 is 0 Å². The minimum absolute atomic E-state index is 0.641. The molecule has 0 unspecified atom stereocenters. The largest absolute Gasteiger partial charge is 0.443 e. The van der Waals surface area contributed by atoms with Gasteiger partial charge in [0.25, 0.3) is 0 Å². The quantitative estimate of drug-likeness (QED) is 0.696. The maximum absolute atomic E-state index is 5.42. The van der Waals surface area contributed by atoms with Crippen LogP contribution in [0, 0.1) is 0 Å². The fourth-order valence-corrected chi connectivity index (χ4v) is 2.11. The first-order chi connectivity index (χ1) is 7.92. The Balaban J connectivity index is 1.83. The van der Waals surface area contributed by atoms with Crippen LogP contribution in [0.15, 0.2) is 46.7 Å². The molecule has 0 N–H and O–H groups in total. The Bertz CT molecular complexity index is 554. The lowest BCUT2D eigenvalue weighted by Gasteiger charge is -1.94. The van der Waals surface area contributed by atoms with Crippen LogP contribution >= 0.6 is 11.3 Å². The van der Waals surface area contributed by atoms with E-state index in [1.165, 1.54) is 0 Å². The van der Waals surface area contributed by atoms with Crippen molar-refractivity contribution in [2.45, 2.75) is 6.54 Å². The molecule has 0 aliphatic heterocycles. The Morgan fingerprint density at radius 1 is 1.38 bits per heavy atom. The highest BCUT2D eigenvalue weighted by atomic mass is 32.1. The van der Waals surface area contributed by atoms with Crippen molar-refractivity contribution in [3.63, 3.8) is 0 Å². The first kappa shape index (κ1) is 9.35. The summed E-state index contributed by atoms with van der Waals surface area (Å²) in [6, 6.07) is 5.87. The molecule has 0 aliphatic carbocycles. The van der Waals surface area contributed by atoms with Crippen LogP contribution in [0.1, 0.15) is 5.69 Å². The van der Waals surface area contributed by atoms with Crippen molar-refractivity contribution < 1.29 is 4.42 Å². The molecule has 16 heavy (non-hydrogen) atoms. The molecule has 4 nitrogen and oxygen atoms in total. The molecule has 3 aromatic heterocycles. The van der Waals surface area contributed by atoms with Crippen molar-refractivity contribution in [1.82, 2.24) is 14.8 Å². The minimum Gasteiger partial charge on any atom is -0.443 e. The molecule has 0 saturated carbocycles. The Kier molecular flexibility index (Phi) is 2.30. The number of thiophene rings is 1. The molecule has 0 bridgehead atoms. The molecule has 3 heterocycles. The molecule has 0 aliphatic rings. The highest BCUT2D eigenvalue weighted by Crippen LogP contribution is 2.23. The van der Waals surface area contributed by atoms with Gasteiger partial charge in [-0.15, -0.1) is 11.3 Å². The van der Waals surface area contributed by atoms with Gasteiger partial charge in [-0.05, 0) is 17.5 Å². The summed E-state index contributed by atoms with van der Waals surface area (Å²) in [5.41, 5.74) is 0.882. The molecule has 80 valence electrons. The fraction of sp³-hybridized carbons (Fsp3) is 0.0909. The second kappa shape index (κ2) is 3.94. The molecule has 0 spiro atoms. The van der Waals surface area contributed by atoms with Crippen molar-refractivity contribution >= 4 is 11.3 Å². The molecule has 0 atom stereocenters. The van der Waals surface area contributed by atoms with Gasteiger partial charge in [0, 0.05) is 12.4 Å².